The molecule has 0 radical (unpaired) electrons. The molecule has 5 heteroatoms. The number of amides is 1. The molecule has 1 atom stereocenters. The number of thiophene rings is 1. The highest BCUT2D eigenvalue weighted by Crippen LogP contribution is 2.29. The molecule has 1 unspecified atom stereocenters. The van der Waals surface area contributed by atoms with E-state index in [1.807, 2.05) is 6.07 Å². The van der Waals surface area contributed by atoms with Gasteiger partial charge in [-0.1, -0.05) is 0 Å². The molecule has 1 aliphatic carbocycles. The van der Waals surface area contributed by atoms with Crippen LogP contribution in [0.1, 0.15) is 46.3 Å². The predicted octanol–water partition coefficient (Wildman–Crippen LogP) is 2.14. The lowest BCUT2D eigenvalue weighted by Gasteiger charge is -2.22. The molecule has 0 aromatic carbocycles. The molecule has 1 aliphatic rings. The lowest BCUT2D eigenvalue weighted by Crippen LogP contribution is -2.41. The van der Waals surface area contributed by atoms with Crippen LogP contribution < -0.4 is 5.32 Å². The van der Waals surface area contributed by atoms with Crippen molar-refractivity contribution in [3.63, 3.8) is 0 Å². The fourth-order valence-corrected chi connectivity index (χ4v) is 3.54. The van der Waals surface area contributed by atoms with Crippen LogP contribution in [0.4, 0.5) is 0 Å². The largest absolute Gasteiger partial charge is 0.388 e. The zero-order chi connectivity index (χ0) is 14.6. The maximum absolute atomic E-state index is 12.1. The van der Waals surface area contributed by atoms with Crippen molar-refractivity contribution in [3.05, 3.63) is 21.4 Å². The summed E-state index contributed by atoms with van der Waals surface area (Å²) in [5.74, 6) is -0.0814. The zero-order valence-electron chi connectivity index (χ0n) is 12.2. The molecule has 1 aromatic rings. The molecule has 0 saturated heterocycles. The highest BCUT2D eigenvalue weighted by atomic mass is 32.1. The third kappa shape index (κ3) is 4.04. The number of rotatable bonds is 6. The third-order valence-electron chi connectivity index (χ3n) is 3.69. The van der Waals surface area contributed by atoms with Gasteiger partial charge in [-0.3, -0.25) is 4.79 Å². The van der Waals surface area contributed by atoms with Crippen molar-refractivity contribution in [2.75, 3.05) is 20.3 Å². The van der Waals surface area contributed by atoms with Gasteiger partial charge in [0.2, 0.25) is 0 Å². The number of carbonyl (C=O) groups is 1. The van der Waals surface area contributed by atoms with Gasteiger partial charge < -0.3 is 15.2 Å². The van der Waals surface area contributed by atoms with Crippen LogP contribution in [0.25, 0.3) is 0 Å². The summed E-state index contributed by atoms with van der Waals surface area (Å²) < 4.78 is 4.95. The first-order valence-electron chi connectivity index (χ1n) is 7.13. The van der Waals surface area contributed by atoms with E-state index in [-0.39, 0.29) is 12.5 Å². The lowest BCUT2D eigenvalue weighted by molar-refractivity contribution is 0.0244. The number of aryl methyl sites for hydroxylation is 2. The lowest BCUT2D eigenvalue weighted by atomic mass is 9.99. The fraction of sp³-hybridized carbons (Fsp3) is 0.667. The monoisotopic (exact) mass is 297 g/mol. The number of carbonyl (C=O) groups excluding carboxylic acids is 1. The Hall–Kier alpha value is -0.910. The molecule has 1 amide bonds. The van der Waals surface area contributed by atoms with Crippen LogP contribution in [0.5, 0.6) is 0 Å². The predicted molar refractivity (Wildman–Crippen MR) is 80.4 cm³/mol. The average molecular weight is 297 g/mol. The number of ether oxygens (including phenoxy) is 1. The van der Waals surface area contributed by atoms with Crippen LogP contribution in [0.15, 0.2) is 6.07 Å². The Kier molecular flexibility index (Phi) is 5.18. The summed E-state index contributed by atoms with van der Waals surface area (Å²) in [6.07, 6.45) is 5.13. The van der Waals surface area contributed by atoms with E-state index in [1.54, 1.807) is 25.4 Å². The Bertz CT molecular complexity index is 444. The summed E-state index contributed by atoms with van der Waals surface area (Å²) in [6.45, 7) is 2.44. The molecular formula is C15H23NO3S. The molecular weight excluding hydrogens is 274 g/mol. The van der Waals surface area contributed by atoms with Gasteiger partial charge in [0.1, 0.15) is 0 Å². The van der Waals surface area contributed by atoms with E-state index < -0.39 is 5.60 Å². The van der Waals surface area contributed by atoms with Gasteiger partial charge in [0.05, 0.1) is 10.5 Å². The summed E-state index contributed by atoms with van der Waals surface area (Å²) in [7, 11) is 1.60. The molecule has 0 aliphatic heterocycles. The quantitative estimate of drug-likeness (QED) is 0.846. The number of methoxy groups -OCH3 is 1. The van der Waals surface area contributed by atoms with E-state index in [2.05, 4.69) is 5.32 Å². The molecule has 20 heavy (non-hydrogen) atoms. The summed E-state index contributed by atoms with van der Waals surface area (Å²) in [6, 6.07) is 2.01. The summed E-state index contributed by atoms with van der Waals surface area (Å²) in [5.41, 5.74) is 0.403. The Balaban J connectivity index is 1.90. The van der Waals surface area contributed by atoms with Crippen molar-refractivity contribution >= 4 is 17.2 Å². The van der Waals surface area contributed by atoms with Crippen LogP contribution in [0.2, 0.25) is 0 Å². The minimum absolute atomic E-state index is 0.0814. The average Bonchev–Trinajstić information content (AvgIpc) is 2.86. The van der Waals surface area contributed by atoms with Gasteiger partial charge in [-0.15, -0.1) is 11.3 Å². The minimum atomic E-state index is -0.928. The van der Waals surface area contributed by atoms with Gasteiger partial charge in [0.25, 0.3) is 5.91 Å². The van der Waals surface area contributed by atoms with Crippen molar-refractivity contribution in [1.29, 1.82) is 0 Å². The van der Waals surface area contributed by atoms with Crippen molar-refractivity contribution in [2.24, 2.45) is 0 Å². The Morgan fingerprint density at radius 1 is 1.50 bits per heavy atom. The highest BCUT2D eigenvalue weighted by Gasteiger charge is 2.22. The first-order chi connectivity index (χ1) is 9.52. The van der Waals surface area contributed by atoms with E-state index in [0.29, 0.717) is 13.0 Å². The molecule has 1 heterocycles. The van der Waals surface area contributed by atoms with Crippen LogP contribution in [-0.4, -0.2) is 36.9 Å². The zero-order valence-corrected chi connectivity index (χ0v) is 13.0. The first kappa shape index (κ1) is 15.5. The van der Waals surface area contributed by atoms with Crippen LogP contribution in [-0.2, 0) is 17.6 Å². The molecule has 0 fully saturated rings. The normalized spacial score (nSPS) is 17.4. The van der Waals surface area contributed by atoms with Crippen molar-refractivity contribution < 1.29 is 14.6 Å². The van der Waals surface area contributed by atoms with Gasteiger partial charge in [-0.2, -0.15) is 0 Å². The second-order valence-electron chi connectivity index (χ2n) is 5.69. The molecule has 2 rings (SSSR count). The topological polar surface area (TPSA) is 58.6 Å². The van der Waals surface area contributed by atoms with Crippen LogP contribution >= 0.6 is 11.3 Å². The van der Waals surface area contributed by atoms with Crippen LogP contribution in [0, 0.1) is 0 Å². The summed E-state index contributed by atoms with van der Waals surface area (Å²) >= 11 is 1.59. The van der Waals surface area contributed by atoms with Gasteiger partial charge in [0, 0.05) is 31.6 Å². The number of aliphatic hydroxyl groups is 1. The standard InChI is InChI=1S/C15H23NO3S/c1-15(18,7-8-19-2)10-16-14(17)13-9-11-5-3-4-6-12(11)20-13/h9,18H,3-8,10H2,1-2H3,(H,16,17). The van der Waals surface area contributed by atoms with Crippen molar-refractivity contribution in [2.45, 2.75) is 44.6 Å². The van der Waals surface area contributed by atoms with E-state index >= 15 is 0 Å². The summed E-state index contributed by atoms with van der Waals surface area (Å²) in [4.78, 5) is 14.3. The van der Waals surface area contributed by atoms with Crippen molar-refractivity contribution in [3.8, 4) is 0 Å². The Labute approximate surface area is 124 Å². The number of hydrogen-bond acceptors (Lipinski definition) is 4. The molecule has 0 saturated carbocycles. The molecule has 4 nitrogen and oxygen atoms in total. The van der Waals surface area contributed by atoms with Crippen molar-refractivity contribution in [1.82, 2.24) is 5.32 Å². The molecule has 0 bridgehead atoms. The van der Waals surface area contributed by atoms with Gasteiger partial charge in [-0.05, 0) is 44.2 Å². The SMILES string of the molecule is COCCC(C)(O)CNC(=O)c1cc2c(s1)CCCC2. The Morgan fingerprint density at radius 2 is 2.25 bits per heavy atom. The van der Waals surface area contributed by atoms with E-state index in [1.165, 1.54) is 23.3 Å². The number of fused-ring (bicyclic) bond motifs is 1. The smallest absolute Gasteiger partial charge is 0.261 e. The molecule has 1 aromatic heterocycles. The van der Waals surface area contributed by atoms with Gasteiger partial charge in [0.15, 0.2) is 0 Å². The molecule has 2 N–H and O–H groups in total. The van der Waals surface area contributed by atoms with Gasteiger partial charge in [-0.25, -0.2) is 0 Å². The maximum atomic E-state index is 12.1. The summed E-state index contributed by atoms with van der Waals surface area (Å²) in [5, 5.41) is 12.9. The van der Waals surface area contributed by atoms with E-state index in [0.717, 1.165) is 17.7 Å². The fourth-order valence-electron chi connectivity index (χ4n) is 2.37. The second-order valence-corrected chi connectivity index (χ2v) is 6.83. The molecule has 112 valence electrons. The van der Waals surface area contributed by atoms with Gasteiger partial charge >= 0.3 is 0 Å². The van der Waals surface area contributed by atoms with E-state index in [4.69, 9.17) is 4.74 Å². The minimum Gasteiger partial charge on any atom is -0.388 e. The number of hydrogen-bond donors (Lipinski definition) is 2. The van der Waals surface area contributed by atoms with Crippen LogP contribution in [0.3, 0.4) is 0 Å². The highest BCUT2D eigenvalue weighted by molar-refractivity contribution is 7.14. The number of nitrogens with one attached hydrogen (secondary N) is 1. The second kappa shape index (κ2) is 6.70. The first-order valence-corrected chi connectivity index (χ1v) is 7.94. The third-order valence-corrected chi connectivity index (χ3v) is 4.93. The maximum Gasteiger partial charge on any atom is 0.261 e. The van der Waals surface area contributed by atoms with E-state index in [9.17, 15) is 9.90 Å². The Morgan fingerprint density at radius 3 is 2.95 bits per heavy atom. The molecule has 0 spiro atoms.